The van der Waals surface area contributed by atoms with Gasteiger partial charge in [0, 0.05) is 0 Å². The number of hydrogen-bond donors (Lipinski definition) is 0. The highest BCUT2D eigenvalue weighted by Crippen LogP contribution is 2.33. The van der Waals surface area contributed by atoms with E-state index in [2.05, 4.69) is 25.7 Å². The van der Waals surface area contributed by atoms with Crippen LogP contribution in [-0.4, -0.2) is 13.1 Å². The van der Waals surface area contributed by atoms with E-state index in [0.29, 0.717) is 0 Å². The van der Waals surface area contributed by atoms with Crippen molar-refractivity contribution in [3.8, 4) is 11.8 Å². The van der Waals surface area contributed by atoms with Crippen LogP contribution in [0.5, 0.6) is 0 Å². The normalized spacial score (nSPS) is 10.6. The average molecular weight is 389 g/mol. The Morgan fingerprint density at radius 2 is 1.38 bits per heavy atom. The third-order valence-corrected chi connectivity index (χ3v) is 5.14. The van der Waals surface area contributed by atoms with Gasteiger partial charge in [-0.3, -0.25) is 0 Å². The van der Waals surface area contributed by atoms with Crippen molar-refractivity contribution >= 4 is 5.97 Å². The summed E-state index contributed by atoms with van der Waals surface area (Å²) in [5.74, 6) is 6.18. The largest absolute Gasteiger partial charge is 0.467 e. The van der Waals surface area contributed by atoms with Gasteiger partial charge in [-0.2, -0.15) is 0 Å². The predicted octanol–water partition coefficient (Wildman–Crippen LogP) is 6.46. The fraction of sp³-hybridized carbons (Fsp3) is 0.370. The third-order valence-electron chi connectivity index (χ3n) is 5.14. The number of benzene rings is 2. The number of rotatable bonds is 9. The van der Waals surface area contributed by atoms with Crippen LogP contribution in [0.2, 0.25) is 0 Å². The highest BCUT2D eigenvalue weighted by Gasteiger charge is 2.41. The smallest absolute Gasteiger partial charge is 0.333 e. The monoisotopic (exact) mass is 388 g/mol. The highest BCUT2D eigenvalue weighted by atomic mass is 16.5. The van der Waals surface area contributed by atoms with Crippen LogP contribution in [0.25, 0.3) is 0 Å². The lowest BCUT2D eigenvalue weighted by molar-refractivity contribution is -0.143. The summed E-state index contributed by atoms with van der Waals surface area (Å²) in [6.07, 6.45) is 8.80. The Balaban J connectivity index is 2.58. The van der Waals surface area contributed by atoms with Gasteiger partial charge in [-0.15, -0.1) is 0 Å². The molecule has 0 aliphatic heterocycles. The number of unbranched alkanes of at least 4 members (excludes halogenated alkanes) is 2. The summed E-state index contributed by atoms with van der Waals surface area (Å²) in [6, 6.07) is 19.4. The summed E-state index contributed by atoms with van der Waals surface area (Å²) in [5.41, 5.74) is 1.86. The maximum Gasteiger partial charge on any atom is 0.333 e. The number of hydrogen-bond acceptors (Lipinski definition) is 2. The van der Waals surface area contributed by atoms with E-state index in [-0.39, 0.29) is 5.97 Å². The van der Waals surface area contributed by atoms with Crippen LogP contribution >= 0.6 is 0 Å². The summed E-state index contributed by atoms with van der Waals surface area (Å²) >= 11 is 0. The van der Waals surface area contributed by atoms with E-state index in [4.69, 9.17) is 4.74 Å². The molecule has 0 atom stereocenters. The van der Waals surface area contributed by atoms with E-state index < -0.39 is 5.41 Å². The summed E-state index contributed by atoms with van der Waals surface area (Å²) in [5, 5.41) is 0. The van der Waals surface area contributed by atoms with E-state index in [9.17, 15) is 4.79 Å². The number of allylic oxidation sites excluding steroid dienone is 2. The fourth-order valence-electron chi connectivity index (χ4n) is 3.45. The van der Waals surface area contributed by atoms with Gasteiger partial charge in [0.2, 0.25) is 0 Å². The van der Waals surface area contributed by atoms with E-state index in [0.717, 1.165) is 49.7 Å². The van der Waals surface area contributed by atoms with Gasteiger partial charge < -0.3 is 4.74 Å². The number of carbonyl (C=O) groups excluding carboxylic acids is 1. The van der Waals surface area contributed by atoms with Crippen molar-refractivity contribution in [1.29, 1.82) is 0 Å². The molecule has 0 N–H and O–H groups in total. The SMILES string of the molecule is CCCCC(=CC#CC(C(=O)OC)(c1ccccc1)c1ccccc1)CCCC. The molecule has 0 bridgehead atoms. The maximum absolute atomic E-state index is 13.1. The molecule has 2 heteroatoms. The Bertz CT molecular complexity index is 789. The van der Waals surface area contributed by atoms with Crippen molar-refractivity contribution in [2.75, 3.05) is 7.11 Å². The van der Waals surface area contributed by atoms with Crippen LogP contribution in [0.15, 0.2) is 72.3 Å². The lowest BCUT2D eigenvalue weighted by Gasteiger charge is -2.26. The summed E-state index contributed by atoms with van der Waals surface area (Å²) in [7, 11) is 1.43. The molecule has 2 aromatic carbocycles. The molecule has 0 heterocycles. The Labute approximate surface area is 176 Å². The molecular formula is C27H32O2. The first-order chi connectivity index (χ1) is 14.2. The Hall–Kier alpha value is -2.79. The summed E-state index contributed by atoms with van der Waals surface area (Å²) in [6.45, 7) is 4.41. The van der Waals surface area contributed by atoms with Crippen LogP contribution < -0.4 is 0 Å². The second-order valence-electron chi connectivity index (χ2n) is 7.25. The zero-order chi connectivity index (χ0) is 21.0. The van der Waals surface area contributed by atoms with Crippen molar-refractivity contribution in [3.05, 3.63) is 83.4 Å². The Kier molecular flexibility index (Phi) is 9.25. The predicted molar refractivity (Wildman–Crippen MR) is 121 cm³/mol. The van der Waals surface area contributed by atoms with E-state index >= 15 is 0 Å². The van der Waals surface area contributed by atoms with Crippen molar-refractivity contribution in [3.63, 3.8) is 0 Å². The van der Waals surface area contributed by atoms with Crippen LogP contribution in [-0.2, 0) is 14.9 Å². The van der Waals surface area contributed by atoms with Crippen LogP contribution in [0.1, 0.15) is 63.5 Å². The second kappa shape index (κ2) is 11.9. The highest BCUT2D eigenvalue weighted by molar-refractivity contribution is 5.92. The Morgan fingerprint density at radius 3 is 1.79 bits per heavy atom. The maximum atomic E-state index is 13.1. The quantitative estimate of drug-likeness (QED) is 0.364. The fourth-order valence-corrected chi connectivity index (χ4v) is 3.45. The number of ether oxygens (including phenoxy) is 1. The summed E-state index contributed by atoms with van der Waals surface area (Å²) in [4.78, 5) is 13.1. The minimum absolute atomic E-state index is 0.362. The first kappa shape index (κ1) is 22.5. The third kappa shape index (κ3) is 5.84. The molecule has 0 fully saturated rings. The standard InChI is InChI=1S/C27H32O2/c1-4-6-15-23(16-7-5-2)17-14-22-27(26(28)29-3,24-18-10-8-11-19-24)25-20-12-9-13-21-25/h8-13,17-21H,4-7,15-16H2,1-3H3. The van der Waals surface area contributed by atoms with E-state index in [1.54, 1.807) is 0 Å². The van der Waals surface area contributed by atoms with Crippen LogP contribution in [0.3, 0.4) is 0 Å². The zero-order valence-corrected chi connectivity index (χ0v) is 17.9. The molecule has 0 radical (unpaired) electrons. The molecule has 2 rings (SSSR count). The summed E-state index contributed by atoms with van der Waals surface area (Å²) < 4.78 is 5.25. The lowest BCUT2D eigenvalue weighted by Crippen LogP contribution is -2.37. The van der Waals surface area contributed by atoms with Gasteiger partial charge in [0.15, 0.2) is 5.41 Å². The van der Waals surface area contributed by atoms with Gasteiger partial charge in [-0.25, -0.2) is 4.79 Å². The number of methoxy groups -OCH3 is 1. The zero-order valence-electron chi connectivity index (χ0n) is 17.9. The molecule has 0 saturated carbocycles. The molecule has 29 heavy (non-hydrogen) atoms. The van der Waals surface area contributed by atoms with Crippen molar-refractivity contribution in [2.45, 2.75) is 57.8 Å². The minimum atomic E-state index is -1.14. The number of esters is 1. The Morgan fingerprint density at radius 1 is 0.897 bits per heavy atom. The van der Waals surface area contributed by atoms with Crippen LogP contribution in [0.4, 0.5) is 0 Å². The topological polar surface area (TPSA) is 26.3 Å². The lowest BCUT2D eigenvalue weighted by atomic mass is 9.75. The molecule has 0 amide bonds. The van der Waals surface area contributed by atoms with Crippen LogP contribution in [0, 0.1) is 11.8 Å². The van der Waals surface area contributed by atoms with Crippen molar-refractivity contribution in [1.82, 2.24) is 0 Å². The van der Waals surface area contributed by atoms with Gasteiger partial charge >= 0.3 is 5.97 Å². The van der Waals surface area contributed by atoms with Gasteiger partial charge in [0.05, 0.1) is 7.11 Å². The molecule has 2 aromatic rings. The van der Waals surface area contributed by atoms with E-state index in [1.807, 2.05) is 66.7 Å². The van der Waals surface area contributed by atoms with Gasteiger partial charge in [-0.1, -0.05) is 105 Å². The molecule has 0 aliphatic carbocycles. The molecule has 0 aromatic heterocycles. The molecule has 2 nitrogen and oxygen atoms in total. The van der Waals surface area contributed by atoms with Crippen molar-refractivity contribution in [2.24, 2.45) is 0 Å². The average Bonchev–Trinajstić information content (AvgIpc) is 2.78. The number of carbonyl (C=O) groups is 1. The molecule has 0 unspecified atom stereocenters. The van der Waals surface area contributed by atoms with Gasteiger partial charge in [0.1, 0.15) is 0 Å². The second-order valence-corrected chi connectivity index (χ2v) is 7.25. The first-order valence-corrected chi connectivity index (χ1v) is 10.6. The molecule has 0 spiro atoms. The molecule has 0 aliphatic rings. The molecule has 152 valence electrons. The van der Waals surface area contributed by atoms with E-state index in [1.165, 1.54) is 12.7 Å². The molecular weight excluding hydrogens is 356 g/mol. The molecule has 0 saturated heterocycles. The van der Waals surface area contributed by atoms with Gasteiger partial charge in [0.25, 0.3) is 0 Å². The van der Waals surface area contributed by atoms with Gasteiger partial charge in [-0.05, 0) is 42.9 Å². The first-order valence-electron chi connectivity index (χ1n) is 10.6. The minimum Gasteiger partial charge on any atom is -0.467 e. The van der Waals surface area contributed by atoms with Crippen molar-refractivity contribution < 1.29 is 9.53 Å².